The topological polar surface area (TPSA) is 89.1 Å². The third-order valence-corrected chi connectivity index (χ3v) is 8.58. The number of likely N-dealkylation sites (tertiary alicyclic amines) is 1. The Bertz CT molecular complexity index is 1380. The second-order valence-corrected chi connectivity index (χ2v) is 11.0. The molecule has 2 N–H and O–H groups in total. The number of carbonyl (C=O) groups excluding carboxylic acids is 2. The van der Waals surface area contributed by atoms with Crippen LogP contribution in [0, 0.1) is 5.92 Å². The molecule has 37 heavy (non-hydrogen) atoms. The number of aromatic nitrogens is 1. The molecule has 0 unspecified atom stereocenters. The van der Waals surface area contributed by atoms with Crippen molar-refractivity contribution in [2.24, 2.45) is 5.92 Å². The number of hydrogen-bond donors (Lipinski definition) is 2. The van der Waals surface area contributed by atoms with Crippen LogP contribution in [-0.2, 0) is 11.2 Å². The fraction of sp³-hybridized carbons (Fsp3) is 0.448. The highest BCUT2D eigenvalue weighted by atomic mass is 16.5. The van der Waals surface area contributed by atoms with Gasteiger partial charge in [0, 0.05) is 36.1 Å². The van der Waals surface area contributed by atoms with E-state index in [0.29, 0.717) is 19.5 Å². The predicted octanol–water partition coefficient (Wildman–Crippen LogP) is 4.28. The molecule has 4 heterocycles. The minimum Gasteiger partial charge on any atom is -0.508 e. The Balaban J connectivity index is 1.42. The highest BCUT2D eigenvalue weighted by molar-refractivity contribution is 6.08. The Morgan fingerprint density at radius 2 is 1.89 bits per heavy atom. The van der Waals surface area contributed by atoms with Gasteiger partial charge in [-0.2, -0.15) is 0 Å². The summed E-state index contributed by atoms with van der Waals surface area (Å²) < 4.78 is 5.48. The van der Waals surface area contributed by atoms with Crippen molar-refractivity contribution in [3.63, 3.8) is 0 Å². The second-order valence-electron chi connectivity index (χ2n) is 11.0. The number of imide groups is 1. The highest BCUT2D eigenvalue weighted by Gasteiger charge is 2.60. The van der Waals surface area contributed by atoms with E-state index in [2.05, 4.69) is 16.8 Å². The van der Waals surface area contributed by atoms with Crippen LogP contribution in [0.5, 0.6) is 11.5 Å². The van der Waals surface area contributed by atoms with Gasteiger partial charge in [0.1, 0.15) is 23.1 Å². The van der Waals surface area contributed by atoms with Gasteiger partial charge in [-0.1, -0.05) is 19.1 Å². The number of H-pyrrole nitrogens is 1. The molecule has 3 aliphatic heterocycles. The number of fused-ring (bicyclic) bond motifs is 4. The van der Waals surface area contributed by atoms with Gasteiger partial charge in [-0.25, -0.2) is 4.79 Å². The average Bonchev–Trinajstić information content (AvgIpc) is 3.33. The van der Waals surface area contributed by atoms with E-state index in [4.69, 9.17) is 4.74 Å². The number of nitrogens with zero attached hydrogens (tertiary/aromatic N) is 3. The Labute approximate surface area is 216 Å². The van der Waals surface area contributed by atoms with Crippen LogP contribution in [0.2, 0.25) is 0 Å². The lowest BCUT2D eigenvalue weighted by atomic mass is 9.81. The van der Waals surface area contributed by atoms with Gasteiger partial charge in [-0.3, -0.25) is 14.6 Å². The van der Waals surface area contributed by atoms with Gasteiger partial charge in [0.15, 0.2) is 0 Å². The summed E-state index contributed by atoms with van der Waals surface area (Å²) in [6, 6.07) is 12.0. The van der Waals surface area contributed by atoms with Crippen molar-refractivity contribution in [2.75, 3.05) is 33.3 Å². The third-order valence-electron chi connectivity index (χ3n) is 8.58. The molecule has 2 fully saturated rings. The Morgan fingerprint density at radius 1 is 1.11 bits per heavy atom. The Hall–Kier alpha value is -3.52. The normalized spacial score (nSPS) is 24.6. The smallest absolute Gasteiger partial charge is 0.328 e. The Kier molecular flexibility index (Phi) is 5.67. The molecule has 194 valence electrons. The molecule has 8 nitrogen and oxygen atoms in total. The molecule has 0 aliphatic carbocycles. The van der Waals surface area contributed by atoms with E-state index in [1.165, 1.54) is 4.90 Å². The third kappa shape index (κ3) is 3.77. The van der Waals surface area contributed by atoms with Crippen LogP contribution < -0.4 is 4.74 Å². The summed E-state index contributed by atoms with van der Waals surface area (Å²) in [6.45, 7) is 7.24. The number of nitrogens with one attached hydrogen (secondary N) is 1. The zero-order chi connectivity index (χ0) is 25.9. The summed E-state index contributed by atoms with van der Waals surface area (Å²) in [5, 5.41) is 11.3. The molecular weight excluding hydrogens is 468 g/mol. The number of benzene rings is 2. The van der Waals surface area contributed by atoms with Crippen molar-refractivity contribution in [3.8, 4) is 11.5 Å². The van der Waals surface area contributed by atoms with Crippen LogP contribution in [0.4, 0.5) is 4.79 Å². The van der Waals surface area contributed by atoms with E-state index in [-0.39, 0.29) is 17.7 Å². The fourth-order valence-electron chi connectivity index (χ4n) is 6.38. The molecule has 3 aromatic rings. The summed E-state index contributed by atoms with van der Waals surface area (Å²) in [6.07, 6.45) is 2.71. The zero-order valence-corrected chi connectivity index (χ0v) is 21.7. The first kappa shape index (κ1) is 23.9. The van der Waals surface area contributed by atoms with Gasteiger partial charge in [0.05, 0.1) is 7.11 Å². The summed E-state index contributed by atoms with van der Waals surface area (Å²) in [7, 11) is 1.64. The van der Waals surface area contributed by atoms with Crippen molar-refractivity contribution in [2.45, 2.75) is 44.7 Å². The van der Waals surface area contributed by atoms with Gasteiger partial charge < -0.3 is 19.7 Å². The van der Waals surface area contributed by atoms with E-state index in [9.17, 15) is 14.7 Å². The monoisotopic (exact) mass is 502 g/mol. The number of piperidine rings is 1. The van der Waals surface area contributed by atoms with Crippen molar-refractivity contribution in [1.29, 1.82) is 0 Å². The number of aromatic amines is 1. The molecule has 6 rings (SSSR count). The highest BCUT2D eigenvalue weighted by Crippen LogP contribution is 2.49. The van der Waals surface area contributed by atoms with Gasteiger partial charge in [-0.15, -0.1) is 0 Å². The lowest BCUT2D eigenvalue weighted by molar-refractivity contribution is -0.133. The largest absolute Gasteiger partial charge is 0.508 e. The lowest BCUT2D eigenvalue weighted by Gasteiger charge is -2.42. The van der Waals surface area contributed by atoms with Crippen LogP contribution in [0.1, 0.15) is 49.6 Å². The fourth-order valence-corrected chi connectivity index (χ4v) is 6.38. The maximum absolute atomic E-state index is 14.0. The number of phenolic OH excluding ortho intramolecular Hbond substituents is 1. The van der Waals surface area contributed by atoms with Crippen LogP contribution in [0.3, 0.4) is 0 Å². The van der Waals surface area contributed by atoms with Crippen molar-refractivity contribution >= 4 is 22.8 Å². The van der Waals surface area contributed by atoms with Crippen LogP contribution in [0.15, 0.2) is 42.5 Å². The van der Waals surface area contributed by atoms with Gasteiger partial charge in [0.2, 0.25) is 0 Å². The number of ether oxygens (including phenoxy) is 1. The number of aromatic hydroxyl groups is 1. The maximum atomic E-state index is 14.0. The number of rotatable bonds is 5. The average molecular weight is 503 g/mol. The molecule has 0 radical (unpaired) electrons. The van der Waals surface area contributed by atoms with E-state index >= 15 is 0 Å². The molecule has 0 bridgehead atoms. The van der Waals surface area contributed by atoms with Gasteiger partial charge in [-0.05, 0) is 80.2 Å². The summed E-state index contributed by atoms with van der Waals surface area (Å²) in [4.78, 5) is 37.1. The van der Waals surface area contributed by atoms with Gasteiger partial charge in [0.25, 0.3) is 5.91 Å². The standard InChI is InChI=1S/C29H34N4O4/c1-18-9-11-31(12-10-18)13-14-32-27(35)29(2)17-23-22-16-21(37-3)7-8-24(22)30-25(23)26(33(29)28(32)36)19-5-4-6-20(34)15-19/h4-8,15-16,18,26,30,34H,9-14,17H2,1-3H3/t26-,29+/m1/s1. The van der Waals surface area contributed by atoms with Crippen LogP contribution >= 0.6 is 0 Å². The number of methoxy groups -OCH3 is 1. The minimum absolute atomic E-state index is 0.123. The minimum atomic E-state index is -1.03. The molecule has 3 aliphatic rings. The zero-order valence-electron chi connectivity index (χ0n) is 21.7. The number of hydrogen-bond acceptors (Lipinski definition) is 5. The van der Waals surface area contributed by atoms with Crippen molar-refractivity contribution in [3.05, 3.63) is 59.3 Å². The van der Waals surface area contributed by atoms with Crippen molar-refractivity contribution < 1.29 is 19.4 Å². The summed E-state index contributed by atoms with van der Waals surface area (Å²) in [5.41, 5.74) is 2.54. The molecule has 3 amide bonds. The van der Waals surface area contributed by atoms with Crippen molar-refractivity contribution in [1.82, 2.24) is 19.7 Å². The number of carbonyl (C=O) groups is 2. The number of amides is 3. The number of phenols is 1. The van der Waals surface area contributed by atoms with Gasteiger partial charge >= 0.3 is 6.03 Å². The van der Waals surface area contributed by atoms with E-state index in [1.807, 2.05) is 31.2 Å². The van der Waals surface area contributed by atoms with E-state index in [1.54, 1.807) is 30.2 Å². The molecule has 0 saturated carbocycles. The van der Waals surface area contributed by atoms with E-state index < -0.39 is 11.6 Å². The molecule has 1 aromatic heterocycles. The summed E-state index contributed by atoms with van der Waals surface area (Å²) in [5.74, 6) is 1.43. The quantitative estimate of drug-likeness (QED) is 0.509. The molecule has 8 heteroatoms. The first-order valence-electron chi connectivity index (χ1n) is 13.1. The predicted molar refractivity (Wildman–Crippen MR) is 141 cm³/mol. The summed E-state index contributed by atoms with van der Waals surface area (Å²) >= 11 is 0. The second kappa shape index (κ2) is 8.80. The first-order chi connectivity index (χ1) is 17.8. The van der Waals surface area contributed by atoms with Crippen LogP contribution in [-0.4, -0.2) is 75.6 Å². The van der Waals surface area contributed by atoms with E-state index in [0.717, 1.165) is 65.3 Å². The molecule has 2 aromatic carbocycles. The number of urea groups is 1. The molecule has 0 spiro atoms. The first-order valence-corrected chi connectivity index (χ1v) is 13.1. The maximum Gasteiger partial charge on any atom is 0.328 e. The molecular formula is C29H34N4O4. The lowest BCUT2D eigenvalue weighted by Crippen LogP contribution is -2.53. The molecule has 2 atom stereocenters. The van der Waals surface area contributed by atoms with Crippen LogP contribution in [0.25, 0.3) is 10.9 Å². The SMILES string of the molecule is COc1ccc2[nH]c3c(c2c1)C[C@@]1(C)C(=O)N(CCN2CCC(C)CC2)C(=O)N1[C@@H]3c1cccc(O)c1. The Morgan fingerprint density at radius 3 is 2.62 bits per heavy atom. The molecule has 2 saturated heterocycles.